The molecule has 1 heterocycles. The van der Waals surface area contributed by atoms with Gasteiger partial charge >= 0.3 is 0 Å². The maximum atomic E-state index is 13.4. The number of hydrogen-bond acceptors (Lipinski definition) is 3. The van der Waals surface area contributed by atoms with Gasteiger partial charge in [0.15, 0.2) is 0 Å². The van der Waals surface area contributed by atoms with Gasteiger partial charge in [-0.2, -0.15) is 0 Å². The second-order valence-corrected chi connectivity index (χ2v) is 7.46. The summed E-state index contributed by atoms with van der Waals surface area (Å²) in [6.07, 6.45) is 0.379. The third-order valence-electron chi connectivity index (χ3n) is 4.32. The summed E-state index contributed by atoms with van der Waals surface area (Å²) in [6, 6.07) is 18.5. The van der Waals surface area contributed by atoms with Crippen LogP contribution in [0.15, 0.2) is 72.1 Å². The number of thiophene rings is 1. The summed E-state index contributed by atoms with van der Waals surface area (Å²) in [7, 11) is 1.66. The zero-order chi connectivity index (χ0) is 19.9. The van der Waals surface area contributed by atoms with Crippen molar-refractivity contribution >= 4 is 23.2 Å². The summed E-state index contributed by atoms with van der Waals surface area (Å²) in [5.41, 5.74) is 1.64. The van der Waals surface area contributed by atoms with Crippen LogP contribution in [0.25, 0.3) is 0 Å². The van der Waals surface area contributed by atoms with E-state index in [1.807, 2.05) is 35.7 Å². The van der Waals surface area contributed by atoms with E-state index in [2.05, 4.69) is 5.32 Å². The van der Waals surface area contributed by atoms with Gasteiger partial charge in [0.25, 0.3) is 5.91 Å². The highest BCUT2D eigenvalue weighted by Gasteiger charge is 2.25. The lowest BCUT2D eigenvalue weighted by Gasteiger charge is -2.25. The minimum Gasteiger partial charge on any atom is -0.340 e. The number of nitrogens with one attached hydrogen (secondary N) is 1. The molecule has 2 amide bonds. The van der Waals surface area contributed by atoms with Gasteiger partial charge in [-0.1, -0.05) is 48.5 Å². The first-order valence-corrected chi connectivity index (χ1v) is 9.78. The number of amides is 2. The van der Waals surface area contributed by atoms with E-state index in [0.29, 0.717) is 16.9 Å². The number of likely N-dealkylation sites (N-methyl/N-ethyl adjacent to an activating group) is 1. The fourth-order valence-electron chi connectivity index (χ4n) is 2.94. The van der Waals surface area contributed by atoms with Crippen molar-refractivity contribution in [3.05, 3.63) is 93.9 Å². The number of carbonyl (C=O) groups is 2. The number of halogens is 1. The first kappa shape index (κ1) is 19.8. The first-order valence-electron chi connectivity index (χ1n) is 8.90. The average Bonchev–Trinajstić information content (AvgIpc) is 3.22. The zero-order valence-corrected chi connectivity index (χ0v) is 16.3. The summed E-state index contributed by atoms with van der Waals surface area (Å²) >= 11 is 1.33. The Labute approximate surface area is 167 Å². The maximum absolute atomic E-state index is 13.4. The first-order chi connectivity index (χ1) is 13.5. The largest absolute Gasteiger partial charge is 0.340 e. The molecule has 4 nitrogen and oxygen atoms in total. The molecule has 1 unspecified atom stereocenters. The second-order valence-electron chi connectivity index (χ2n) is 6.52. The van der Waals surface area contributed by atoms with Crippen molar-refractivity contribution in [3.8, 4) is 0 Å². The molecule has 0 radical (unpaired) electrons. The summed E-state index contributed by atoms with van der Waals surface area (Å²) in [4.78, 5) is 27.6. The molecule has 0 bridgehead atoms. The molecule has 1 N–H and O–H groups in total. The van der Waals surface area contributed by atoms with E-state index in [0.717, 1.165) is 5.56 Å². The van der Waals surface area contributed by atoms with E-state index in [4.69, 9.17) is 0 Å². The topological polar surface area (TPSA) is 49.4 Å². The van der Waals surface area contributed by atoms with Gasteiger partial charge < -0.3 is 10.2 Å². The van der Waals surface area contributed by atoms with Crippen molar-refractivity contribution in [1.82, 2.24) is 10.2 Å². The molecule has 1 atom stereocenters. The minimum absolute atomic E-state index is 0.224. The van der Waals surface area contributed by atoms with Crippen molar-refractivity contribution in [3.63, 3.8) is 0 Å². The van der Waals surface area contributed by atoms with Crippen LogP contribution < -0.4 is 5.32 Å². The Morgan fingerprint density at radius 2 is 1.79 bits per heavy atom. The van der Waals surface area contributed by atoms with Crippen LogP contribution in [0.1, 0.15) is 20.8 Å². The Kier molecular flexibility index (Phi) is 6.55. The molecule has 0 aliphatic carbocycles. The number of hydrogen-bond donors (Lipinski definition) is 1. The van der Waals surface area contributed by atoms with Crippen molar-refractivity contribution in [2.75, 3.05) is 7.05 Å². The Bertz CT molecular complexity index is 929. The minimum atomic E-state index is -0.712. The molecule has 0 aliphatic rings. The quantitative estimate of drug-likeness (QED) is 0.659. The Hall–Kier alpha value is -2.99. The van der Waals surface area contributed by atoms with Crippen LogP contribution in [0.3, 0.4) is 0 Å². The lowest BCUT2D eigenvalue weighted by atomic mass is 10.0. The fourth-order valence-corrected chi connectivity index (χ4v) is 3.57. The predicted molar refractivity (Wildman–Crippen MR) is 109 cm³/mol. The molecule has 6 heteroatoms. The predicted octanol–water partition coefficient (Wildman–Crippen LogP) is 3.89. The molecule has 3 rings (SSSR count). The van der Waals surface area contributed by atoms with Crippen molar-refractivity contribution in [2.45, 2.75) is 19.0 Å². The third kappa shape index (κ3) is 5.27. The molecule has 1 aromatic heterocycles. The third-order valence-corrected chi connectivity index (χ3v) is 5.18. The molecule has 2 aromatic carbocycles. The lowest BCUT2D eigenvalue weighted by molar-refractivity contribution is -0.132. The molecule has 28 heavy (non-hydrogen) atoms. The van der Waals surface area contributed by atoms with Gasteiger partial charge in [-0.15, -0.1) is 11.3 Å². The Morgan fingerprint density at radius 1 is 1.04 bits per heavy atom. The van der Waals surface area contributed by atoms with Gasteiger partial charge in [0.2, 0.25) is 5.91 Å². The van der Waals surface area contributed by atoms with Crippen molar-refractivity contribution in [1.29, 1.82) is 0 Å². The highest BCUT2D eigenvalue weighted by atomic mass is 32.1. The van der Waals surface area contributed by atoms with E-state index in [1.165, 1.54) is 28.4 Å². The van der Waals surface area contributed by atoms with E-state index in [1.54, 1.807) is 31.3 Å². The standard InChI is InChI=1S/C22H21FN2O2S/c1-25(15-17-9-5-10-18(23)13-17)22(27)19(14-16-7-3-2-4-8-16)24-21(26)20-11-6-12-28-20/h2-13,19H,14-15H2,1H3,(H,24,26). The fraction of sp³-hybridized carbons (Fsp3) is 0.182. The summed E-state index contributed by atoms with van der Waals surface area (Å²) in [6.45, 7) is 0.261. The van der Waals surface area contributed by atoms with Crippen LogP contribution in [0, 0.1) is 5.82 Å². The Balaban J connectivity index is 1.76. The summed E-state index contributed by atoms with van der Waals surface area (Å²) in [5, 5.41) is 4.67. The van der Waals surface area contributed by atoms with Crippen LogP contribution in [-0.4, -0.2) is 29.8 Å². The van der Waals surface area contributed by atoms with E-state index < -0.39 is 6.04 Å². The molecule has 0 saturated heterocycles. The number of rotatable bonds is 7. The SMILES string of the molecule is CN(Cc1cccc(F)c1)C(=O)C(Cc1ccccc1)NC(=O)c1cccs1. The summed E-state index contributed by atoms with van der Waals surface area (Å²) < 4.78 is 13.4. The normalized spacial score (nSPS) is 11.6. The summed E-state index contributed by atoms with van der Waals surface area (Å²) in [5.74, 6) is -0.841. The molecule has 0 spiro atoms. The zero-order valence-electron chi connectivity index (χ0n) is 15.5. The smallest absolute Gasteiger partial charge is 0.262 e. The molecule has 144 valence electrons. The highest BCUT2D eigenvalue weighted by Crippen LogP contribution is 2.13. The highest BCUT2D eigenvalue weighted by molar-refractivity contribution is 7.12. The lowest BCUT2D eigenvalue weighted by Crippen LogP contribution is -2.48. The Morgan fingerprint density at radius 3 is 2.46 bits per heavy atom. The molecule has 0 saturated carbocycles. The van der Waals surface area contributed by atoms with Gasteiger partial charge in [0.05, 0.1) is 4.88 Å². The van der Waals surface area contributed by atoms with E-state index in [-0.39, 0.29) is 24.2 Å². The van der Waals surface area contributed by atoms with Crippen LogP contribution in [0.4, 0.5) is 4.39 Å². The number of benzene rings is 2. The van der Waals surface area contributed by atoms with Crippen LogP contribution in [-0.2, 0) is 17.8 Å². The molecule has 3 aromatic rings. The van der Waals surface area contributed by atoms with Crippen molar-refractivity contribution < 1.29 is 14.0 Å². The van der Waals surface area contributed by atoms with Crippen LogP contribution in [0.2, 0.25) is 0 Å². The molecule has 0 aliphatic heterocycles. The van der Waals surface area contributed by atoms with E-state index >= 15 is 0 Å². The molecule has 0 fully saturated rings. The van der Waals surface area contributed by atoms with E-state index in [9.17, 15) is 14.0 Å². The van der Waals surface area contributed by atoms with Gasteiger partial charge in [-0.3, -0.25) is 9.59 Å². The van der Waals surface area contributed by atoms with Crippen LogP contribution >= 0.6 is 11.3 Å². The second kappa shape index (κ2) is 9.28. The molecular formula is C22H21FN2O2S. The van der Waals surface area contributed by atoms with Crippen LogP contribution in [0.5, 0.6) is 0 Å². The number of nitrogens with zero attached hydrogens (tertiary/aromatic N) is 1. The van der Waals surface area contributed by atoms with Crippen molar-refractivity contribution in [2.24, 2.45) is 0 Å². The number of carbonyl (C=O) groups excluding carboxylic acids is 2. The van der Waals surface area contributed by atoms with Gasteiger partial charge in [0.1, 0.15) is 11.9 Å². The van der Waals surface area contributed by atoms with Gasteiger partial charge in [0, 0.05) is 20.0 Å². The van der Waals surface area contributed by atoms with Gasteiger partial charge in [-0.05, 0) is 34.7 Å². The monoisotopic (exact) mass is 396 g/mol. The maximum Gasteiger partial charge on any atom is 0.262 e. The average molecular weight is 396 g/mol. The molecular weight excluding hydrogens is 375 g/mol. The van der Waals surface area contributed by atoms with Gasteiger partial charge in [-0.25, -0.2) is 4.39 Å².